The molecule has 0 unspecified atom stereocenters. The molecule has 4 nitrogen and oxygen atoms in total. The average molecular weight is 801 g/mol. The minimum Gasteiger partial charge on any atom is -0.454 e. The molecule has 0 bridgehead atoms. The molecule has 0 fully saturated rings. The number of anilines is 6. The third-order valence-electron chi connectivity index (χ3n) is 12.9. The lowest BCUT2D eigenvalue weighted by Crippen LogP contribution is -2.15. The lowest BCUT2D eigenvalue weighted by atomic mass is 9.81. The van der Waals surface area contributed by atoms with E-state index in [0.717, 1.165) is 78.0 Å². The van der Waals surface area contributed by atoms with Gasteiger partial charge in [-0.1, -0.05) is 136 Å². The van der Waals surface area contributed by atoms with Gasteiger partial charge >= 0.3 is 0 Å². The third kappa shape index (κ3) is 5.39. The van der Waals surface area contributed by atoms with E-state index in [9.17, 15) is 0 Å². The highest BCUT2D eigenvalue weighted by atomic mass is 16.3. The Balaban J connectivity index is 1.28. The molecule has 0 radical (unpaired) electrons. The number of rotatable bonds is 6. The minimum absolute atomic E-state index is 0.0220. The van der Waals surface area contributed by atoms with Crippen LogP contribution in [0.4, 0.5) is 34.1 Å². The van der Waals surface area contributed by atoms with Crippen molar-refractivity contribution in [1.29, 1.82) is 0 Å². The van der Waals surface area contributed by atoms with Gasteiger partial charge in [-0.2, -0.15) is 0 Å². The fourth-order valence-corrected chi connectivity index (χ4v) is 10.0. The predicted octanol–water partition coefficient (Wildman–Crippen LogP) is 17.2. The summed E-state index contributed by atoms with van der Waals surface area (Å²) in [5.74, 6) is 0. The minimum atomic E-state index is -0.0220. The van der Waals surface area contributed by atoms with Crippen LogP contribution in [0.1, 0.15) is 37.5 Å². The van der Waals surface area contributed by atoms with Crippen LogP contribution in [0.15, 0.2) is 185 Å². The summed E-state index contributed by atoms with van der Waals surface area (Å²) in [6, 6.07) is 63.4. The highest BCUT2D eigenvalue weighted by molar-refractivity contribution is 6.31. The summed E-state index contributed by atoms with van der Waals surface area (Å²) in [5, 5.41) is 11.8. The Kier molecular flexibility index (Phi) is 7.89. The van der Waals surface area contributed by atoms with E-state index < -0.39 is 0 Å². The Morgan fingerprint density at radius 1 is 0.371 bits per heavy atom. The maximum Gasteiger partial charge on any atom is 0.159 e. The first-order valence-corrected chi connectivity index (χ1v) is 21.5. The maximum absolute atomic E-state index is 6.85. The largest absolute Gasteiger partial charge is 0.454 e. The fourth-order valence-electron chi connectivity index (χ4n) is 10.0. The van der Waals surface area contributed by atoms with Gasteiger partial charge in [0.1, 0.15) is 11.2 Å². The number of para-hydroxylation sites is 6. The van der Waals surface area contributed by atoms with Gasteiger partial charge in [-0.3, -0.25) is 0 Å². The smallest absolute Gasteiger partial charge is 0.159 e. The Labute approximate surface area is 360 Å². The summed E-state index contributed by atoms with van der Waals surface area (Å²) in [6.45, 7) is 11.5. The highest BCUT2D eigenvalue weighted by Crippen LogP contribution is 2.54. The Bertz CT molecular complexity index is 3700. The zero-order valence-electron chi connectivity index (χ0n) is 35.5. The second-order valence-electron chi connectivity index (χ2n) is 17.8. The van der Waals surface area contributed by atoms with Gasteiger partial charge in [-0.25, -0.2) is 0 Å². The zero-order valence-corrected chi connectivity index (χ0v) is 35.5. The second kappa shape index (κ2) is 13.5. The molecule has 0 aliphatic rings. The molecule has 0 N–H and O–H groups in total. The van der Waals surface area contributed by atoms with Crippen LogP contribution in [0.5, 0.6) is 0 Å². The van der Waals surface area contributed by atoms with E-state index in [1.54, 1.807) is 0 Å². The van der Waals surface area contributed by atoms with Crippen molar-refractivity contribution in [2.24, 2.45) is 0 Å². The Morgan fingerprint density at radius 3 is 1.45 bits per heavy atom. The van der Waals surface area contributed by atoms with Crippen molar-refractivity contribution in [3.05, 3.63) is 193 Å². The Morgan fingerprint density at radius 2 is 0.887 bits per heavy atom. The van der Waals surface area contributed by atoms with Crippen molar-refractivity contribution < 1.29 is 8.83 Å². The van der Waals surface area contributed by atoms with Gasteiger partial charge in [0.25, 0.3) is 0 Å². The van der Waals surface area contributed by atoms with Crippen molar-refractivity contribution >= 4 is 110 Å². The number of fused-ring (bicyclic) bond motifs is 6. The van der Waals surface area contributed by atoms with Crippen LogP contribution in [0.2, 0.25) is 0 Å². The van der Waals surface area contributed by atoms with Crippen LogP contribution in [0.25, 0.3) is 76.2 Å². The van der Waals surface area contributed by atoms with Gasteiger partial charge in [0, 0.05) is 49.1 Å². The number of aryl methyl sites for hydroxylation is 2. The maximum atomic E-state index is 6.85. The molecule has 2 aromatic heterocycles. The molecule has 2 heterocycles. The first kappa shape index (κ1) is 36.3. The molecule has 0 saturated carbocycles. The Hall–Kier alpha value is -7.56. The molecule has 0 aliphatic heterocycles. The normalized spacial score (nSPS) is 12.3. The van der Waals surface area contributed by atoms with Gasteiger partial charge in [0.2, 0.25) is 0 Å². The number of benzene rings is 10. The van der Waals surface area contributed by atoms with Gasteiger partial charge in [0.05, 0.1) is 22.7 Å². The molecule has 0 saturated heterocycles. The standard InChI is InChI=1S/C58H44N2O2/c1-35-31-46-49(59(39-18-8-6-9-19-39)47-26-16-24-43-41-22-12-14-28-51(41)61-56(43)47)34-50(53-36(2)30-37-32-38(58(3,4)5)33-45(35)54(37)55(46)53)60(40-20-10-7-11-21-40)48-27-17-25-44-42-23-13-15-29-52(42)62-57(44)48/h6-34H,1-5H3. The molecule has 298 valence electrons. The van der Waals surface area contributed by atoms with Crippen molar-refractivity contribution in [1.82, 2.24) is 0 Å². The summed E-state index contributed by atoms with van der Waals surface area (Å²) in [4.78, 5) is 4.84. The fraction of sp³-hybridized carbons (Fsp3) is 0.103. The summed E-state index contributed by atoms with van der Waals surface area (Å²) in [7, 11) is 0. The molecular weight excluding hydrogens is 757 g/mol. The lowest BCUT2D eigenvalue weighted by molar-refractivity contribution is 0.591. The summed E-state index contributed by atoms with van der Waals surface area (Å²) in [5.41, 5.74) is 13.3. The lowest BCUT2D eigenvalue weighted by Gasteiger charge is -2.33. The molecule has 0 aliphatic carbocycles. The van der Waals surface area contributed by atoms with Crippen molar-refractivity contribution in [3.8, 4) is 0 Å². The topological polar surface area (TPSA) is 32.8 Å². The molecule has 10 aromatic carbocycles. The number of hydrogen-bond acceptors (Lipinski definition) is 4. The third-order valence-corrected chi connectivity index (χ3v) is 12.9. The van der Waals surface area contributed by atoms with Gasteiger partial charge in [0.15, 0.2) is 11.2 Å². The molecule has 0 atom stereocenters. The van der Waals surface area contributed by atoms with E-state index in [1.807, 2.05) is 12.1 Å². The van der Waals surface area contributed by atoms with Crippen LogP contribution in [0, 0.1) is 13.8 Å². The quantitative estimate of drug-likeness (QED) is 0.157. The molecule has 12 aromatic rings. The van der Waals surface area contributed by atoms with Crippen molar-refractivity contribution in [2.45, 2.75) is 40.0 Å². The van der Waals surface area contributed by atoms with Crippen LogP contribution < -0.4 is 9.80 Å². The van der Waals surface area contributed by atoms with Gasteiger partial charge < -0.3 is 18.6 Å². The number of furan rings is 2. The molecule has 0 spiro atoms. The number of nitrogens with zero attached hydrogens (tertiary/aromatic N) is 2. The van der Waals surface area contributed by atoms with Crippen LogP contribution in [-0.2, 0) is 5.41 Å². The van der Waals surface area contributed by atoms with E-state index in [1.165, 1.54) is 49.0 Å². The van der Waals surface area contributed by atoms with Crippen LogP contribution in [-0.4, -0.2) is 0 Å². The van der Waals surface area contributed by atoms with E-state index in [2.05, 4.69) is 208 Å². The van der Waals surface area contributed by atoms with Crippen LogP contribution >= 0.6 is 0 Å². The molecule has 4 heteroatoms. The van der Waals surface area contributed by atoms with E-state index in [0.29, 0.717) is 0 Å². The average Bonchev–Trinajstić information content (AvgIpc) is 3.87. The highest BCUT2D eigenvalue weighted by Gasteiger charge is 2.29. The predicted molar refractivity (Wildman–Crippen MR) is 262 cm³/mol. The number of hydrogen-bond donors (Lipinski definition) is 0. The molecular formula is C58H44N2O2. The summed E-state index contributed by atoms with van der Waals surface area (Å²) < 4.78 is 13.7. The van der Waals surface area contributed by atoms with Crippen LogP contribution in [0.3, 0.4) is 0 Å². The first-order valence-electron chi connectivity index (χ1n) is 21.5. The van der Waals surface area contributed by atoms with Crippen molar-refractivity contribution in [2.75, 3.05) is 9.80 Å². The van der Waals surface area contributed by atoms with Crippen molar-refractivity contribution in [3.63, 3.8) is 0 Å². The summed E-state index contributed by atoms with van der Waals surface area (Å²) >= 11 is 0. The molecule has 12 rings (SSSR count). The summed E-state index contributed by atoms with van der Waals surface area (Å²) in [6.07, 6.45) is 0. The first-order chi connectivity index (χ1) is 30.2. The SMILES string of the molecule is Cc1cc2c(N(c3ccccc3)c3cccc4c3oc3ccccc34)cc(N(c3ccccc3)c3cccc4c3oc3ccccc34)c3c(C)cc4cc(C(C)(C)C)cc1c4c23. The van der Waals surface area contributed by atoms with E-state index in [-0.39, 0.29) is 5.41 Å². The monoisotopic (exact) mass is 800 g/mol. The van der Waals surface area contributed by atoms with Gasteiger partial charge in [-0.05, 0) is 113 Å². The molecule has 0 amide bonds. The second-order valence-corrected chi connectivity index (χ2v) is 17.8. The van der Waals surface area contributed by atoms with E-state index >= 15 is 0 Å². The van der Waals surface area contributed by atoms with E-state index in [4.69, 9.17) is 8.83 Å². The van der Waals surface area contributed by atoms with Gasteiger partial charge in [-0.15, -0.1) is 0 Å². The zero-order chi connectivity index (χ0) is 41.9. The molecule has 62 heavy (non-hydrogen) atoms.